The van der Waals surface area contributed by atoms with Crippen molar-refractivity contribution < 1.29 is 14.1 Å². The highest BCUT2D eigenvalue weighted by Crippen LogP contribution is 2.36. The van der Waals surface area contributed by atoms with Gasteiger partial charge in [-0.25, -0.2) is 4.98 Å². The summed E-state index contributed by atoms with van der Waals surface area (Å²) >= 11 is 0. The monoisotopic (exact) mass is 291 g/mol. The summed E-state index contributed by atoms with van der Waals surface area (Å²) in [7, 11) is -0.529. The number of nitrogens with one attached hydrogen (secondary N) is 1. The van der Waals surface area contributed by atoms with Crippen LogP contribution in [0.2, 0.25) is 0 Å². The lowest BCUT2D eigenvalue weighted by atomic mass is 9.79. The molecule has 7 heteroatoms. The highest BCUT2D eigenvalue weighted by atomic mass is 16.7. The summed E-state index contributed by atoms with van der Waals surface area (Å²) in [5, 5.41) is 2.94. The van der Waals surface area contributed by atoms with E-state index in [0.717, 1.165) is 11.2 Å². The molecule has 1 aromatic heterocycles. The zero-order chi connectivity index (χ0) is 15.8. The number of aryl methyl sites for hydroxylation is 1. The molecule has 0 radical (unpaired) electrons. The zero-order valence-corrected chi connectivity index (χ0v) is 13.2. The van der Waals surface area contributed by atoms with Crippen molar-refractivity contribution in [1.82, 2.24) is 4.98 Å². The molecule has 1 aliphatic rings. The van der Waals surface area contributed by atoms with Crippen LogP contribution in [-0.2, 0) is 14.1 Å². The van der Waals surface area contributed by atoms with Crippen LogP contribution in [0.3, 0.4) is 0 Å². The molecule has 0 atom stereocenters. The lowest BCUT2D eigenvalue weighted by molar-refractivity contribution is -0.116. The van der Waals surface area contributed by atoms with E-state index in [1.807, 2.05) is 46.8 Å². The van der Waals surface area contributed by atoms with Crippen LogP contribution < -0.4 is 16.5 Å². The maximum atomic E-state index is 11.0. The molecule has 1 saturated heterocycles. The Bertz CT molecular complexity index is 544. The maximum Gasteiger partial charge on any atom is 0.498 e. The van der Waals surface area contributed by atoms with Crippen LogP contribution in [0.1, 0.15) is 33.4 Å². The van der Waals surface area contributed by atoms with Crippen LogP contribution in [0, 0.1) is 6.92 Å². The smallest absolute Gasteiger partial charge is 0.399 e. The van der Waals surface area contributed by atoms with Gasteiger partial charge in [0.15, 0.2) is 0 Å². The molecule has 0 spiro atoms. The Labute approximate surface area is 125 Å². The first-order valence-electron chi connectivity index (χ1n) is 6.98. The quantitative estimate of drug-likeness (QED) is 0.793. The highest BCUT2D eigenvalue weighted by molar-refractivity contribution is 6.63. The number of carbonyl (C=O) groups excluding carboxylic acids is 1. The first-order chi connectivity index (χ1) is 9.62. The van der Waals surface area contributed by atoms with Gasteiger partial charge in [0.1, 0.15) is 5.82 Å². The van der Waals surface area contributed by atoms with Gasteiger partial charge in [0.25, 0.3) is 0 Å². The highest BCUT2D eigenvalue weighted by Gasteiger charge is 2.52. The molecular formula is C14H22BN3O3. The maximum absolute atomic E-state index is 11.0. The lowest BCUT2D eigenvalue weighted by Crippen LogP contribution is -2.41. The van der Waals surface area contributed by atoms with Crippen LogP contribution in [0.4, 0.5) is 5.82 Å². The Morgan fingerprint density at radius 1 is 1.29 bits per heavy atom. The van der Waals surface area contributed by atoms with Gasteiger partial charge in [-0.3, -0.25) is 4.79 Å². The molecule has 0 unspecified atom stereocenters. The van der Waals surface area contributed by atoms with E-state index in [4.69, 9.17) is 15.0 Å². The molecule has 1 aromatic rings. The predicted octanol–water partition coefficient (Wildman–Crippen LogP) is 0.586. The molecule has 2 heterocycles. The van der Waals surface area contributed by atoms with Crippen molar-refractivity contribution in [3.8, 4) is 0 Å². The fourth-order valence-corrected chi connectivity index (χ4v) is 2.04. The number of hydrogen-bond acceptors (Lipinski definition) is 5. The van der Waals surface area contributed by atoms with E-state index < -0.39 is 24.2 Å². The molecule has 21 heavy (non-hydrogen) atoms. The molecule has 114 valence electrons. The summed E-state index contributed by atoms with van der Waals surface area (Å²) in [5.41, 5.74) is 5.92. The van der Waals surface area contributed by atoms with Crippen LogP contribution in [-0.4, -0.2) is 35.8 Å². The minimum absolute atomic E-state index is 0.0168. The summed E-state index contributed by atoms with van der Waals surface area (Å²) in [5.74, 6) is 0.116. The second-order valence-corrected chi connectivity index (χ2v) is 6.30. The van der Waals surface area contributed by atoms with Crippen LogP contribution in [0.15, 0.2) is 12.1 Å². The Morgan fingerprint density at radius 2 is 1.86 bits per heavy atom. The fourth-order valence-electron chi connectivity index (χ4n) is 2.04. The molecule has 1 aliphatic heterocycles. The lowest BCUT2D eigenvalue weighted by Gasteiger charge is -2.32. The average molecular weight is 291 g/mol. The number of anilines is 1. The summed E-state index contributed by atoms with van der Waals surface area (Å²) in [4.78, 5) is 15.4. The number of rotatable bonds is 4. The van der Waals surface area contributed by atoms with E-state index in [1.54, 1.807) is 0 Å². The van der Waals surface area contributed by atoms with Crippen molar-refractivity contribution in [3.63, 3.8) is 0 Å². The molecular weight excluding hydrogens is 269 g/mol. The summed E-state index contributed by atoms with van der Waals surface area (Å²) in [6.07, 6.45) is 0. The van der Waals surface area contributed by atoms with Crippen molar-refractivity contribution >= 4 is 24.3 Å². The number of pyridine rings is 1. The van der Waals surface area contributed by atoms with Crippen LogP contribution in [0.25, 0.3) is 0 Å². The Morgan fingerprint density at radius 3 is 2.38 bits per heavy atom. The predicted molar refractivity (Wildman–Crippen MR) is 82.4 cm³/mol. The van der Waals surface area contributed by atoms with Gasteiger partial charge in [-0.1, -0.05) is 6.07 Å². The topological polar surface area (TPSA) is 86.5 Å². The number of nitrogens with zero attached hydrogens (tertiary/aromatic N) is 1. The molecule has 1 fully saturated rings. The van der Waals surface area contributed by atoms with Gasteiger partial charge in [0, 0.05) is 11.2 Å². The van der Waals surface area contributed by atoms with Gasteiger partial charge in [0.2, 0.25) is 5.91 Å². The van der Waals surface area contributed by atoms with Crippen molar-refractivity contribution in [2.75, 3.05) is 11.9 Å². The molecule has 3 N–H and O–H groups in total. The van der Waals surface area contributed by atoms with Gasteiger partial charge in [-0.2, -0.15) is 0 Å². The average Bonchev–Trinajstić information content (AvgIpc) is 2.55. The minimum Gasteiger partial charge on any atom is -0.399 e. The van der Waals surface area contributed by atoms with E-state index >= 15 is 0 Å². The molecule has 0 bridgehead atoms. The largest absolute Gasteiger partial charge is 0.498 e. The third kappa shape index (κ3) is 3.19. The van der Waals surface area contributed by atoms with Gasteiger partial charge in [-0.15, -0.1) is 0 Å². The molecule has 6 nitrogen and oxygen atoms in total. The summed E-state index contributed by atoms with van der Waals surface area (Å²) in [6, 6.07) is 3.78. The first kappa shape index (κ1) is 15.8. The van der Waals surface area contributed by atoms with E-state index in [0.29, 0.717) is 5.82 Å². The number of carbonyl (C=O) groups is 1. The molecule has 0 saturated carbocycles. The first-order valence-corrected chi connectivity index (χ1v) is 6.98. The van der Waals surface area contributed by atoms with Gasteiger partial charge in [-0.05, 0) is 40.7 Å². The second-order valence-electron chi connectivity index (χ2n) is 6.30. The second kappa shape index (κ2) is 5.31. The van der Waals surface area contributed by atoms with Crippen molar-refractivity contribution in [2.24, 2.45) is 5.73 Å². The van der Waals surface area contributed by atoms with Crippen LogP contribution >= 0.6 is 0 Å². The van der Waals surface area contributed by atoms with E-state index in [9.17, 15) is 4.79 Å². The SMILES string of the molecule is Cc1ccc(B2OC(C)(C)C(C)(C)O2)c(NCC(N)=O)n1. The Hall–Kier alpha value is -1.60. The third-order valence-corrected chi connectivity index (χ3v) is 4.00. The van der Waals surface area contributed by atoms with E-state index in [-0.39, 0.29) is 6.54 Å². The van der Waals surface area contributed by atoms with E-state index in [2.05, 4.69) is 10.3 Å². The number of primary amides is 1. The van der Waals surface area contributed by atoms with Gasteiger partial charge in [0.05, 0.1) is 17.7 Å². The number of nitrogens with two attached hydrogens (primary N) is 1. The Balaban J connectivity index is 2.30. The Kier molecular flexibility index (Phi) is 3.99. The van der Waals surface area contributed by atoms with Crippen LogP contribution in [0.5, 0.6) is 0 Å². The molecule has 1 amide bonds. The van der Waals surface area contributed by atoms with Crippen molar-refractivity contribution in [1.29, 1.82) is 0 Å². The third-order valence-electron chi connectivity index (χ3n) is 4.00. The fraction of sp³-hybridized carbons (Fsp3) is 0.571. The zero-order valence-electron chi connectivity index (χ0n) is 13.2. The number of amides is 1. The van der Waals surface area contributed by atoms with Gasteiger partial charge >= 0.3 is 7.12 Å². The molecule has 0 aliphatic carbocycles. The normalized spacial score (nSPS) is 19.6. The summed E-state index contributed by atoms with van der Waals surface area (Å²) < 4.78 is 12.0. The molecule has 0 aromatic carbocycles. The number of hydrogen-bond donors (Lipinski definition) is 2. The van der Waals surface area contributed by atoms with Crippen molar-refractivity contribution in [3.05, 3.63) is 17.8 Å². The summed E-state index contributed by atoms with van der Waals surface area (Å²) in [6.45, 7) is 9.86. The number of aromatic nitrogens is 1. The molecule has 2 rings (SSSR count). The minimum atomic E-state index is -0.529. The van der Waals surface area contributed by atoms with Crippen molar-refractivity contribution in [2.45, 2.75) is 45.8 Å². The standard InChI is InChI=1S/C14H22BN3O3/c1-9-6-7-10(12(18-9)17-8-11(16)19)15-20-13(2,3)14(4,5)21-15/h6-7H,8H2,1-5H3,(H2,16,19)(H,17,18). The van der Waals surface area contributed by atoms with E-state index in [1.165, 1.54) is 0 Å². The van der Waals surface area contributed by atoms with Gasteiger partial charge < -0.3 is 20.4 Å².